The normalized spacial score (nSPS) is 10.6. The lowest BCUT2D eigenvalue weighted by molar-refractivity contribution is 0.970. The number of hydrogen-bond acceptors (Lipinski definition) is 2. The van der Waals surface area contributed by atoms with Crippen molar-refractivity contribution in [2.24, 2.45) is 5.73 Å². The number of rotatable bonds is 2. The molecule has 0 aliphatic rings. The summed E-state index contributed by atoms with van der Waals surface area (Å²) in [5.41, 5.74) is 6.52. The van der Waals surface area contributed by atoms with Gasteiger partial charge in [0.25, 0.3) is 5.56 Å². The van der Waals surface area contributed by atoms with E-state index in [1.807, 2.05) is 24.3 Å². The Morgan fingerprint density at radius 2 is 2.14 bits per heavy atom. The third-order valence-corrected chi connectivity index (χ3v) is 2.27. The minimum Gasteiger partial charge on any atom is -0.330 e. The van der Waals surface area contributed by atoms with Gasteiger partial charge in [0.2, 0.25) is 0 Å². The van der Waals surface area contributed by atoms with Crippen molar-refractivity contribution in [3.8, 4) is 0 Å². The summed E-state index contributed by atoms with van der Waals surface area (Å²) in [5, 5.41) is 1.70. The van der Waals surface area contributed by atoms with E-state index in [-0.39, 0.29) is 5.56 Å². The quantitative estimate of drug-likeness (QED) is 0.739. The predicted octanol–water partition coefficient (Wildman–Crippen LogP) is 1.03. The Hall–Kier alpha value is -1.61. The van der Waals surface area contributed by atoms with Crippen molar-refractivity contribution in [2.75, 3.05) is 6.54 Å². The second-order valence-electron chi connectivity index (χ2n) is 3.27. The highest BCUT2D eigenvalue weighted by atomic mass is 16.1. The van der Waals surface area contributed by atoms with Crippen LogP contribution in [-0.4, -0.2) is 11.5 Å². The molecule has 1 heterocycles. The van der Waals surface area contributed by atoms with Crippen LogP contribution in [0.5, 0.6) is 0 Å². The van der Waals surface area contributed by atoms with Crippen LogP contribution in [0.25, 0.3) is 10.8 Å². The first-order valence-corrected chi connectivity index (χ1v) is 4.61. The van der Waals surface area contributed by atoms with Gasteiger partial charge in [0.15, 0.2) is 0 Å². The van der Waals surface area contributed by atoms with E-state index in [0.29, 0.717) is 6.54 Å². The minimum atomic E-state index is -0.0404. The van der Waals surface area contributed by atoms with Crippen molar-refractivity contribution in [3.05, 3.63) is 46.4 Å². The van der Waals surface area contributed by atoms with E-state index >= 15 is 0 Å². The van der Waals surface area contributed by atoms with Crippen LogP contribution in [0.2, 0.25) is 0 Å². The molecule has 1 aromatic carbocycles. The first-order valence-electron chi connectivity index (χ1n) is 4.61. The van der Waals surface area contributed by atoms with E-state index in [2.05, 4.69) is 4.98 Å². The largest absolute Gasteiger partial charge is 0.330 e. The zero-order valence-corrected chi connectivity index (χ0v) is 7.79. The summed E-state index contributed by atoms with van der Waals surface area (Å²) >= 11 is 0. The van der Waals surface area contributed by atoms with E-state index in [0.717, 1.165) is 22.8 Å². The summed E-state index contributed by atoms with van der Waals surface area (Å²) in [7, 11) is 0. The summed E-state index contributed by atoms with van der Waals surface area (Å²) in [6.45, 7) is 0.607. The van der Waals surface area contributed by atoms with Gasteiger partial charge in [0.05, 0.1) is 0 Å². The van der Waals surface area contributed by atoms with Gasteiger partial charge in [-0.05, 0) is 36.0 Å². The van der Waals surface area contributed by atoms with Crippen LogP contribution < -0.4 is 11.3 Å². The van der Waals surface area contributed by atoms with Crippen molar-refractivity contribution in [3.63, 3.8) is 0 Å². The van der Waals surface area contributed by atoms with Crippen LogP contribution in [0.1, 0.15) is 5.56 Å². The monoisotopic (exact) mass is 188 g/mol. The van der Waals surface area contributed by atoms with Gasteiger partial charge in [0, 0.05) is 11.6 Å². The maximum Gasteiger partial charge on any atom is 0.255 e. The molecule has 0 atom stereocenters. The van der Waals surface area contributed by atoms with Gasteiger partial charge in [-0.15, -0.1) is 0 Å². The van der Waals surface area contributed by atoms with Crippen LogP contribution in [0, 0.1) is 0 Å². The topological polar surface area (TPSA) is 58.9 Å². The highest BCUT2D eigenvalue weighted by Crippen LogP contribution is 2.11. The molecule has 0 amide bonds. The lowest BCUT2D eigenvalue weighted by Gasteiger charge is -2.00. The molecular formula is C11H12N2O. The highest BCUT2D eigenvalue weighted by Gasteiger charge is 1.98. The number of pyridine rings is 1. The summed E-state index contributed by atoms with van der Waals surface area (Å²) in [6.07, 6.45) is 2.47. The van der Waals surface area contributed by atoms with E-state index in [1.165, 1.54) is 0 Å². The predicted molar refractivity (Wildman–Crippen MR) is 57.3 cm³/mol. The second-order valence-corrected chi connectivity index (χ2v) is 3.27. The molecule has 0 aliphatic carbocycles. The van der Waals surface area contributed by atoms with E-state index < -0.39 is 0 Å². The standard InChI is InChI=1S/C11H12N2O/c12-5-3-8-1-2-9-4-6-13-11(14)10(9)7-8/h1-2,4,6-7H,3,5,12H2,(H,13,14). The lowest BCUT2D eigenvalue weighted by atomic mass is 10.1. The summed E-state index contributed by atoms with van der Waals surface area (Å²) in [6, 6.07) is 7.76. The van der Waals surface area contributed by atoms with Gasteiger partial charge >= 0.3 is 0 Å². The van der Waals surface area contributed by atoms with Crippen LogP contribution in [0.4, 0.5) is 0 Å². The van der Waals surface area contributed by atoms with E-state index in [1.54, 1.807) is 6.20 Å². The molecule has 0 unspecified atom stereocenters. The van der Waals surface area contributed by atoms with Gasteiger partial charge in [-0.2, -0.15) is 0 Å². The van der Waals surface area contributed by atoms with E-state index in [4.69, 9.17) is 5.73 Å². The SMILES string of the molecule is NCCc1ccc2cc[nH]c(=O)c2c1. The Morgan fingerprint density at radius 3 is 2.93 bits per heavy atom. The molecule has 0 radical (unpaired) electrons. The Labute approximate surface area is 81.6 Å². The molecule has 1 aromatic heterocycles. The van der Waals surface area contributed by atoms with Crippen LogP contribution in [0.15, 0.2) is 35.3 Å². The molecular weight excluding hydrogens is 176 g/mol. The molecule has 0 bridgehead atoms. The van der Waals surface area contributed by atoms with Gasteiger partial charge in [-0.1, -0.05) is 12.1 Å². The average Bonchev–Trinajstić information content (AvgIpc) is 2.20. The lowest BCUT2D eigenvalue weighted by Crippen LogP contribution is -2.06. The van der Waals surface area contributed by atoms with Crippen LogP contribution in [-0.2, 0) is 6.42 Å². The molecule has 3 N–H and O–H groups in total. The Balaban J connectivity index is 2.64. The number of aromatic nitrogens is 1. The molecule has 3 heteroatoms. The van der Waals surface area contributed by atoms with Crippen LogP contribution in [0.3, 0.4) is 0 Å². The summed E-state index contributed by atoms with van der Waals surface area (Å²) in [5.74, 6) is 0. The summed E-state index contributed by atoms with van der Waals surface area (Å²) in [4.78, 5) is 14.1. The Bertz CT molecular complexity index is 502. The fraction of sp³-hybridized carbons (Fsp3) is 0.182. The van der Waals surface area contributed by atoms with Crippen molar-refractivity contribution in [2.45, 2.75) is 6.42 Å². The molecule has 2 rings (SSSR count). The number of H-pyrrole nitrogens is 1. The maximum absolute atomic E-state index is 11.4. The zero-order valence-electron chi connectivity index (χ0n) is 7.79. The molecule has 0 aliphatic heterocycles. The smallest absolute Gasteiger partial charge is 0.255 e. The summed E-state index contributed by atoms with van der Waals surface area (Å²) < 4.78 is 0. The Kier molecular flexibility index (Phi) is 2.33. The van der Waals surface area contributed by atoms with Crippen molar-refractivity contribution < 1.29 is 0 Å². The van der Waals surface area contributed by atoms with Gasteiger partial charge in [-0.25, -0.2) is 0 Å². The highest BCUT2D eigenvalue weighted by molar-refractivity contribution is 5.81. The van der Waals surface area contributed by atoms with Crippen molar-refractivity contribution in [1.29, 1.82) is 0 Å². The fourth-order valence-corrected chi connectivity index (χ4v) is 1.55. The molecule has 0 saturated heterocycles. The molecule has 72 valence electrons. The molecule has 2 aromatic rings. The van der Waals surface area contributed by atoms with E-state index in [9.17, 15) is 4.79 Å². The number of hydrogen-bond donors (Lipinski definition) is 2. The molecule has 14 heavy (non-hydrogen) atoms. The Morgan fingerprint density at radius 1 is 1.29 bits per heavy atom. The molecule has 3 nitrogen and oxygen atoms in total. The fourth-order valence-electron chi connectivity index (χ4n) is 1.55. The number of aromatic amines is 1. The van der Waals surface area contributed by atoms with Crippen molar-refractivity contribution >= 4 is 10.8 Å². The van der Waals surface area contributed by atoms with Gasteiger partial charge < -0.3 is 10.7 Å². The van der Waals surface area contributed by atoms with Gasteiger partial charge in [0.1, 0.15) is 0 Å². The zero-order chi connectivity index (χ0) is 9.97. The van der Waals surface area contributed by atoms with Gasteiger partial charge in [-0.3, -0.25) is 4.79 Å². The molecule has 0 saturated carbocycles. The third kappa shape index (κ3) is 1.54. The first kappa shape index (κ1) is 8.97. The number of nitrogens with two attached hydrogens (primary N) is 1. The average molecular weight is 188 g/mol. The first-order chi connectivity index (χ1) is 6.81. The van der Waals surface area contributed by atoms with Crippen molar-refractivity contribution in [1.82, 2.24) is 4.98 Å². The number of fused-ring (bicyclic) bond motifs is 1. The van der Waals surface area contributed by atoms with Crippen LogP contribution >= 0.6 is 0 Å². The third-order valence-electron chi connectivity index (χ3n) is 2.27. The maximum atomic E-state index is 11.4. The molecule has 0 fully saturated rings. The minimum absolute atomic E-state index is 0.0404. The number of nitrogens with one attached hydrogen (secondary N) is 1. The molecule has 0 spiro atoms. The second kappa shape index (κ2) is 3.64. The number of benzene rings is 1.